The third kappa shape index (κ3) is 4.14. The van der Waals surface area contributed by atoms with E-state index in [2.05, 4.69) is 61.4 Å². The lowest BCUT2D eigenvalue weighted by Crippen LogP contribution is -2.25. The van der Waals surface area contributed by atoms with Crippen LogP contribution in [0.1, 0.15) is 56.1 Å². The van der Waals surface area contributed by atoms with Crippen LogP contribution in [0.3, 0.4) is 0 Å². The van der Waals surface area contributed by atoms with Crippen molar-refractivity contribution in [1.29, 1.82) is 0 Å². The molecule has 0 saturated carbocycles. The molecule has 4 nitrogen and oxygen atoms in total. The van der Waals surface area contributed by atoms with Crippen LogP contribution in [0.4, 0.5) is 0 Å². The quantitative estimate of drug-likeness (QED) is 0.847. The molecule has 0 radical (unpaired) electrons. The first kappa shape index (κ1) is 15.7. The molecule has 0 spiro atoms. The third-order valence-electron chi connectivity index (χ3n) is 3.70. The van der Waals surface area contributed by atoms with Crippen molar-refractivity contribution in [3.05, 3.63) is 47.5 Å². The number of aryl methyl sites for hydroxylation is 1. The maximum absolute atomic E-state index is 4.67. The molecule has 4 heteroatoms. The third-order valence-corrected chi connectivity index (χ3v) is 3.70. The summed E-state index contributed by atoms with van der Waals surface area (Å²) in [5.41, 5.74) is 3.67. The molecule has 0 aliphatic heterocycles. The van der Waals surface area contributed by atoms with E-state index in [1.54, 1.807) is 0 Å². The summed E-state index contributed by atoms with van der Waals surface area (Å²) in [6.45, 7) is 9.63. The highest BCUT2D eigenvalue weighted by Gasteiger charge is 2.15. The lowest BCUT2D eigenvalue weighted by atomic mass is 9.99. The van der Waals surface area contributed by atoms with Gasteiger partial charge in [-0.3, -0.25) is 9.67 Å². The van der Waals surface area contributed by atoms with Gasteiger partial charge in [0.15, 0.2) is 0 Å². The van der Waals surface area contributed by atoms with Crippen molar-refractivity contribution >= 4 is 0 Å². The lowest BCUT2D eigenvalue weighted by molar-refractivity contribution is 0.497. The molecule has 2 heterocycles. The topological polar surface area (TPSA) is 42.7 Å². The van der Waals surface area contributed by atoms with Crippen LogP contribution in [0.15, 0.2) is 30.7 Å². The zero-order valence-corrected chi connectivity index (χ0v) is 13.5. The van der Waals surface area contributed by atoms with Crippen LogP contribution in [0.2, 0.25) is 0 Å². The largest absolute Gasteiger partial charge is 0.310 e. The number of hydrogen-bond acceptors (Lipinski definition) is 3. The zero-order valence-electron chi connectivity index (χ0n) is 13.5. The molecule has 0 aliphatic rings. The standard InChI is InChI=1S/C17H26N4/c1-5-8-19-17(16-12-18-9-6-14(16)4)11-15-7-10-21(20-15)13(2)3/h6-7,9-10,12-13,17,19H,5,8,11H2,1-4H3. The molecule has 2 rings (SSSR count). The maximum Gasteiger partial charge on any atom is 0.0643 e. The summed E-state index contributed by atoms with van der Waals surface area (Å²) < 4.78 is 2.02. The molecule has 0 aromatic carbocycles. The Morgan fingerprint density at radius 1 is 1.29 bits per heavy atom. The first-order valence-corrected chi connectivity index (χ1v) is 7.79. The molecule has 1 unspecified atom stereocenters. The van der Waals surface area contributed by atoms with Gasteiger partial charge in [0.2, 0.25) is 0 Å². The molecule has 0 saturated heterocycles. The van der Waals surface area contributed by atoms with E-state index in [0.29, 0.717) is 6.04 Å². The van der Waals surface area contributed by atoms with Gasteiger partial charge in [0.1, 0.15) is 0 Å². The molecule has 1 atom stereocenters. The molecule has 2 aromatic rings. The van der Waals surface area contributed by atoms with Gasteiger partial charge >= 0.3 is 0 Å². The molecular formula is C17H26N4. The monoisotopic (exact) mass is 286 g/mol. The van der Waals surface area contributed by atoms with Crippen molar-refractivity contribution in [2.45, 2.75) is 52.6 Å². The van der Waals surface area contributed by atoms with E-state index in [4.69, 9.17) is 0 Å². The maximum atomic E-state index is 4.67. The fourth-order valence-electron chi connectivity index (χ4n) is 2.43. The Balaban J connectivity index is 2.18. The van der Waals surface area contributed by atoms with Crippen molar-refractivity contribution in [3.63, 3.8) is 0 Å². The molecule has 0 bridgehead atoms. The Morgan fingerprint density at radius 2 is 2.10 bits per heavy atom. The molecule has 0 fully saturated rings. The molecule has 2 aromatic heterocycles. The summed E-state index contributed by atoms with van der Waals surface area (Å²) >= 11 is 0. The average molecular weight is 286 g/mol. The van der Waals surface area contributed by atoms with Gasteiger partial charge in [-0.05, 0) is 57.0 Å². The highest BCUT2D eigenvalue weighted by atomic mass is 15.3. The summed E-state index contributed by atoms with van der Waals surface area (Å²) in [5.74, 6) is 0. The van der Waals surface area contributed by atoms with E-state index >= 15 is 0 Å². The van der Waals surface area contributed by atoms with Gasteiger partial charge in [-0.25, -0.2) is 0 Å². The Labute approximate surface area is 127 Å². The van der Waals surface area contributed by atoms with E-state index in [0.717, 1.165) is 25.1 Å². The summed E-state index contributed by atoms with van der Waals surface area (Å²) in [6.07, 6.45) is 7.90. The summed E-state index contributed by atoms with van der Waals surface area (Å²) in [5, 5.41) is 8.29. The Bertz CT molecular complexity index is 559. The molecule has 21 heavy (non-hydrogen) atoms. The first-order valence-electron chi connectivity index (χ1n) is 7.79. The van der Waals surface area contributed by atoms with Gasteiger partial charge in [0.05, 0.1) is 5.69 Å². The Morgan fingerprint density at radius 3 is 2.71 bits per heavy atom. The van der Waals surface area contributed by atoms with Gasteiger partial charge in [-0.1, -0.05) is 6.92 Å². The van der Waals surface area contributed by atoms with Crippen LogP contribution in [-0.4, -0.2) is 21.3 Å². The van der Waals surface area contributed by atoms with E-state index in [-0.39, 0.29) is 6.04 Å². The molecular weight excluding hydrogens is 260 g/mol. The Kier molecular flexibility index (Phi) is 5.51. The van der Waals surface area contributed by atoms with Crippen molar-refractivity contribution in [2.24, 2.45) is 0 Å². The Hall–Kier alpha value is -1.68. The van der Waals surface area contributed by atoms with Crippen molar-refractivity contribution < 1.29 is 0 Å². The molecule has 0 amide bonds. The predicted molar refractivity (Wildman–Crippen MR) is 86.3 cm³/mol. The van der Waals surface area contributed by atoms with E-state index in [9.17, 15) is 0 Å². The van der Waals surface area contributed by atoms with Crippen LogP contribution < -0.4 is 5.32 Å². The number of pyridine rings is 1. The highest BCUT2D eigenvalue weighted by molar-refractivity contribution is 5.26. The van der Waals surface area contributed by atoms with Gasteiger partial charge in [0, 0.05) is 37.1 Å². The van der Waals surface area contributed by atoms with Crippen molar-refractivity contribution in [1.82, 2.24) is 20.1 Å². The van der Waals surface area contributed by atoms with Crippen LogP contribution in [0, 0.1) is 6.92 Å². The number of nitrogens with one attached hydrogen (secondary N) is 1. The SMILES string of the molecule is CCCNC(Cc1ccn(C(C)C)n1)c1cnccc1C. The number of hydrogen-bond donors (Lipinski definition) is 1. The predicted octanol–water partition coefficient (Wildman–Crippen LogP) is 3.45. The summed E-state index contributed by atoms with van der Waals surface area (Å²) in [4.78, 5) is 4.28. The smallest absolute Gasteiger partial charge is 0.0643 e. The van der Waals surface area contributed by atoms with Crippen molar-refractivity contribution in [3.8, 4) is 0 Å². The molecule has 1 N–H and O–H groups in total. The zero-order chi connectivity index (χ0) is 15.2. The van der Waals surface area contributed by atoms with E-state index in [1.165, 1.54) is 11.1 Å². The molecule has 0 aliphatic carbocycles. The van der Waals surface area contributed by atoms with Gasteiger partial charge < -0.3 is 5.32 Å². The first-order chi connectivity index (χ1) is 10.1. The van der Waals surface area contributed by atoms with Crippen molar-refractivity contribution in [2.75, 3.05) is 6.54 Å². The van der Waals surface area contributed by atoms with Crippen LogP contribution >= 0.6 is 0 Å². The minimum absolute atomic E-state index is 0.272. The number of rotatable bonds is 7. The van der Waals surface area contributed by atoms with E-state index in [1.807, 2.05) is 17.1 Å². The second-order valence-electron chi connectivity index (χ2n) is 5.82. The van der Waals surface area contributed by atoms with Gasteiger partial charge in [0.25, 0.3) is 0 Å². The second-order valence-corrected chi connectivity index (χ2v) is 5.82. The van der Waals surface area contributed by atoms with Gasteiger partial charge in [-0.2, -0.15) is 5.10 Å². The fourth-order valence-corrected chi connectivity index (χ4v) is 2.43. The molecule has 114 valence electrons. The van der Waals surface area contributed by atoms with Crippen LogP contribution in [0.25, 0.3) is 0 Å². The van der Waals surface area contributed by atoms with E-state index < -0.39 is 0 Å². The van der Waals surface area contributed by atoms with Gasteiger partial charge in [-0.15, -0.1) is 0 Å². The second kappa shape index (κ2) is 7.36. The van der Waals surface area contributed by atoms with Crippen LogP contribution in [-0.2, 0) is 6.42 Å². The average Bonchev–Trinajstić information content (AvgIpc) is 2.93. The fraction of sp³-hybridized carbons (Fsp3) is 0.529. The highest BCUT2D eigenvalue weighted by Crippen LogP contribution is 2.20. The summed E-state index contributed by atoms with van der Waals surface area (Å²) in [6, 6.07) is 4.87. The van der Waals surface area contributed by atoms with Crippen LogP contribution in [0.5, 0.6) is 0 Å². The minimum atomic E-state index is 0.272. The number of aromatic nitrogens is 3. The lowest BCUT2D eigenvalue weighted by Gasteiger charge is -2.19. The number of nitrogens with zero attached hydrogens (tertiary/aromatic N) is 3. The summed E-state index contributed by atoms with van der Waals surface area (Å²) in [7, 11) is 0. The normalized spacial score (nSPS) is 12.8. The minimum Gasteiger partial charge on any atom is -0.310 e.